The quantitative estimate of drug-likeness (QED) is 0.281. The van der Waals surface area contributed by atoms with Gasteiger partial charge in [0.25, 0.3) is 17.5 Å². The van der Waals surface area contributed by atoms with Gasteiger partial charge in [-0.25, -0.2) is 0 Å². The molecule has 0 spiro atoms. The molecule has 0 aliphatic carbocycles. The summed E-state index contributed by atoms with van der Waals surface area (Å²) in [6, 6.07) is 18.6. The average molecular weight is 553 g/mol. The second kappa shape index (κ2) is 9.15. The Morgan fingerprint density at radius 1 is 0.949 bits per heavy atom. The fourth-order valence-electron chi connectivity index (χ4n) is 5.79. The highest BCUT2D eigenvalue weighted by Gasteiger charge is 2.66. The van der Waals surface area contributed by atoms with Crippen LogP contribution in [0.25, 0.3) is 21.5 Å². The van der Waals surface area contributed by atoms with Gasteiger partial charge in [0.15, 0.2) is 5.79 Å². The molecule has 7 rings (SSSR count). The van der Waals surface area contributed by atoms with Crippen molar-refractivity contribution in [3.63, 3.8) is 0 Å². The summed E-state index contributed by atoms with van der Waals surface area (Å²) in [7, 11) is 0. The first-order valence-electron chi connectivity index (χ1n) is 13.0. The number of rotatable bonds is 5. The minimum Gasteiger partial charge on any atom is -0.384 e. The number of fused-ring (bicyclic) bond motifs is 7. The Balaban J connectivity index is 1.21. The molecule has 4 fully saturated rings. The fraction of sp³-hybridized carbons (Fsp3) is 0.448. The zero-order valence-corrected chi connectivity index (χ0v) is 22.8. The Morgan fingerprint density at radius 2 is 1.64 bits per heavy atom. The molecule has 2 bridgehead atoms. The summed E-state index contributed by atoms with van der Waals surface area (Å²) in [6.45, 7) is 5.00. The van der Waals surface area contributed by atoms with Gasteiger partial charge >= 0.3 is 0 Å². The standard InChI is InChI=1S/C29H32N2O7S/c1-26(2)37-16-27(3,38-26)23(32)29-25(34)30-28(35,24(33)31-29)21(10-11-36-29)15-39-22-9-8-19-12-17-6-4-5-7-18(17)13-20(19)14-22/h4-9,12-14,21,23,32,35H,10-11,15-16H2,1-3H3,(H,30,34)(H,31,33)/t21?,23-,27-,28+,29-/m0/s1. The number of carbonyl (C=O) groups excluding carboxylic acids is 2. The summed E-state index contributed by atoms with van der Waals surface area (Å²) in [5.74, 6) is -2.94. The number of amides is 2. The van der Waals surface area contributed by atoms with Gasteiger partial charge in [-0.05, 0) is 73.0 Å². The first kappa shape index (κ1) is 26.5. The number of hydrogen-bond acceptors (Lipinski definition) is 8. The molecule has 4 heterocycles. The molecule has 5 atom stereocenters. The maximum absolute atomic E-state index is 13.4. The van der Waals surface area contributed by atoms with Crippen LogP contribution in [0.5, 0.6) is 0 Å². The van der Waals surface area contributed by atoms with E-state index < -0.39 is 46.7 Å². The number of ether oxygens (including phenoxy) is 3. The van der Waals surface area contributed by atoms with E-state index in [1.165, 1.54) is 17.1 Å². The van der Waals surface area contributed by atoms with Crippen LogP contribution in [-0.4, -0.2) is 69.9 Å². The lowest BCUT2D eigenvalue weighted by Crippen LogP contribution is -2.83. The van der Waals surface area contributed by atoms with Crippen molar-refractivity contribution in [2.45, 2.75) is 61.0 Å². The van der Waals surface area contributed by atoms with Gasteiger partial charge in [0, 0.05) is 16.6 Å². The molecule has 0 saturated carbocycles. The molecule has 0 aromatic heterocycles. The first-order valence-corrected chi connectivity index (χ1v) is 14.0. The van der Waals surface area contributed by atoms with Crippen molar-refractivity contribution in [2.24, 2.45) is 5.92 Å². The number of aliphatic hydroxyl groups excluding tert-OH is 1. The van der Waals surface area contributed by atoms with Crippen LogP contribution < -0.4 is 10.6 Å². The summed E-state index contributed by atoms with van der Waals surface area (Å²) >= 11 is 1.49. The van der Waals surface area contributed by atoms with Gasteiger partial charge in [-0.2, -0.15) is 0 Å². The third-order valence-corrected chi connectivity index (χ3v) is 9.11. The van der Waals surface area contributed by atoms with Crippen LogP contribution in [0.3, 0.4) is 0 Å². The molecular formula is C29H32N2O7S. The molecule has 1 unspecified atom stereocenters. The normalized spacial score (nSPS) is 33.0. The zero-order valence-electron chi connectivity index (χ0n) is 22.0. The Hall–Kier alpha value is -2.73. The van der Waals surface area contributed by atoms with Gasteiger partial charge in [-0.15, -0.1) is 11.8 Å². The molecule has 3 aromatic carbocycles. The van der Waals surface area contributed by atoms with E-state index in [1.807, 2.05) is 18.2 Å². The van der Waals surface area contributed by atoms with Crippen molar-refractivity contribution in [1.29, 1.82) is 0 Å². The van der Waals surface area contributed by atoms with Gasteiger partial charge in [-0.1, -0.05) is 30.3 Å². The molecule has 4 aliphatic heterocycles. The minimum absolute atomic E-state index is 0.0134. The van der Waals surface area contributed by atoms with E-state index in [1.54, 1.807) is 20.8 Å². The van der Waals surface area contributed by atoms with Crippen LogP contribution in [0.2, 0.25) is 0 Å². The molecule has 206 valence electrons. The van der Waals surface area contributed by atoms with Gasteiger partial charge in [0.1, 0.15) is 11.7 Å². The summed E-state index contributed by atoms with van der Waals surface area (Å²) < 4.78 is 17.4. The van der Waals surface area contributed by atoms with Gasteiger partial charge in [-0.3, -0.25) is 9.59 Å². The molecule has 39 heavy (non-hydrogen) atoms. The van der Waals surface area contributed by atoms with Crippen LogP contribution in [0.15, 0.2) is 59.5 Å². The van der Waals surface area contributed by atoms with Crippen LogP contribution >= 0.6 is 11.8 Å². The van der Waals surface area contributed by atoms with Crippen molar-refractivity contribution >= 4 is 45.1 Å². The van der Waals surface area contributed by atoms with Crippen LogP contribution in [0.1, 0.15) is 27.2 Å². The van der Waals surface area contributed by atoms with Crippen molar-refractivity contribution in [3.8, 4) is 0 Å². The largest absolute Gasteiger partial charge is 0.384 e. The Morgan fingerprint density at radius 3 is 2.33 bits per heavy atom. The van der Waals surface area contributed by atoms with Crippen molar-refractivity contribution in [3.05, 3.63) is 54.6 Å². The summed E-state index contributed by atoms with van der Waals surface area (Å²) in [4.78, 5) is 27.7. The molecular weight excluding hydrogens is 520 g/mol. The van der Waals surface area contributed by atoms with Gasteiger partial charge < -0.3 is 35.1 Å². The number of aliphatic hydroxyl groups is 2. The molecule has 10 heteroatoms. The highest BCUT2D eigenvalue weighted by molar-refractivity contribution is 7.99. The van der Waals surface area contributed by atoms with E-state index in [0.717, 1.165) is 21.1 Å². The minimum atomic E-state index is -2.16. The molecule has 4 aliphatic rings. The van der Waals surface area contributed by atoms with Crippen LogP contribution in [-0.2, 0) is 23.8 Å². The number of hydrogen-bond donors (Lipinski definition) is 4. The molecule has 4 N–H and O–H groups in total. The lowest BCUT2D eigenvalue weighted by Gasteiger charge is -2.51. The summed E-state index contributed by atoms with van der Waals surface area (Å²) in [6.07, 6.45) is -1.32. The zero-order chi connectivity index (χ0) is 27.6. The van der Waals surface area contributed by atoms with Crippen molar-refractivity contribution in [2.75, 3.05) is 19.0 Å². The topological polar surface area (TPSA) is 126 Å². The SMILES string of the molecule is CC1(C)OC[C@@](C)([C@H](O)[C@@]23NC(=O)[C@@](O)(NC2=O)C(CSc2ccc4cc5ccccc5cc4c2)CCO3)O1. The maximum atomic E-state index is 13.4. The second-order valence-corrected chi connectivity index (χ2v) is 12.4. The third-order valence-electron chi connectivity index (χ3n) is 7.95. The first-order chi connectivity index (χ1) is 18.4. The van der Waals surface area contributed by atoms with E-state index in [4.69, 9.17) is 14.2 Å². The highest BCUT2D eigenvalue weighted by Crippen LogP contribution is 2.41. The van der Waals surface area contributed by atoms with Gasteiger partial charge in [0.2, 0.25) is 5.72 Å². The number of nitrogens with one attached hydrogen (secondary N) is 2. The number of carbonyl (C=O) groups is 2. The fourth-order valence-corrected chi connectivity index (χ4v) is 6.96. The Bertz CT molecular complexity index is 1480. The predicted octanol–water partition coefficient (Wildman–Crippen LogP) is 2.66. The van der Waals surface area contributed by atoms with E-state index in [-0.39, 0.29) is 19.6 Å². The number of benzene rings is 3. The maximum Gasteiger partial charge on any atom is 0.278 e. The van der Waals surface area contributed by atoms with E-state index in [9.17, 15) is 19.8 Å². The van der Waals surface area contributed by atoms with E-state index in [2.05, 4.69) is 47.0 Å². The smallest absolute Gasteiger partial charge is 0.278 e. The number of thioether (sulfide) groups is 1. The molecule has 3 aromatic rings. The molecule has 0 radical (unpaired) electrons. The lowest BCUT2D eigenvalue weighted by molar-refractivity contribution is -0.247. The van der Waals surface area contributed by atoms with E-state index >= 15 is 0 Å². The molecule has 9 nitrogen and oxygen atoms in total. The lowest BCUT2D eigenvalue weighted by atomic mass is 9.83. The van der Waals surface area contributed by atoms with Crippen molar-refractivity contribution in [1.82, 2.24) is 10.6 Å². The predicted molar refractivity (Wildman–Crippen MR) is 146 cm³/mol. The van der Waals surface area contributed by atoms with Crippen molar-refractivity contribution < 1.29 is 34.0 Å². The second-order valence-electron chi connectivity index (χ2n) is 11.3. The highest BCUT2D eigenvalue weighted by atomic mass is 32.2. The Labute approximate surface area is 230 Å². The van der Waals surface area contributed by atoms with Gasteiger partial charge in [0.05, 0.1) is 13.2 Å². The monoisotopic (exact) mass is 552 g/mol. The Kier molecular flexibility index (Phi) is 6.22. The molecule has 2 amide bonds. The third kappa shape index (κ3) is 4.39. The molecule has 4 saturated heterocycles. The summed E-state index contributed by atoms with van der Waals surface area (Å²) in [5, 5.41) is 32.3. The number of piperazine rings is 1. The average Bonchev–Trinajstić information content (AvgIpc) is 3.19. The van der Waals surface area contributed by atoms with E-state index in [0.29, 0.717) is 5.75 Å². The van der Waals surface area contributed by atoms with Crippen LogP contribution in [0, 0.1) is 5.92 Å². The summed E-state index contributed by atoms with van der Waals surface area (Å²) in [5.41, 5.74) is -5.61. The van der Waals surface area contributed by atoms with Crippen LogP contribution in [0.4, 0.5) is 0 Å².